The third-order valence-corrected chi connectivity index (χ3v) is 7.36. The Labute approximate surface area is 207 Å². The van der Waals surface area contributed by atoms with Crippen molar-refractivity contribution >= 4 is 29.6 Å². The minimum absolute atomic E-state index is 0.0810. The molecule has 2 heterocycles. The van der Waals surface area contributed by atoms with E-state index in [0.717, 1.165) is 0 Å². The van der Waals surface area contributed by atoms with Gasteiger partial charge in [-0.3, -0.25) is 4.81 Å². The molecule has 0 unspecified atom stereocenters. The molecule has 0 radical (unpaired) electrons. The molecule has 1 aliphatic heterocycles. The van der Waals surface area contributed by atoms with Gasteiger partial charge in [0.05, 0.1) is 18.9 Å². The van der Waals surface area contributed by atoms with Gasteiger partial charge in [0.1, 0.15) is 5.69 Å². The van der Waals surface area contributed by atoms with Crippen molar-refractivity contribution in [1.82, 2.24) is 0 Å². The number of aryl methyl sites for hydroxylation is 2. The van der Waals surface area contributed by atoms with E-state index in [0.29, 0.717) is 11.8 Å². The number of fused-ring (bicyclic) bond motifs is 1. The van der Waals surface area contributed by atoms with Gasteiger partial charge in [-0.2, -0.15) is 0 Å². The summed E-state index contributed by atoms with van der Waals surface area (Å²) >= 11 is 0. The van der Waals surface area contributed by atoms with Gasteiger partial charge in [0.2, 0.25) is 0 Å². The first kappa shape index (κ1) is 24.4. The van der Waals surface area contributed by atoms with Gasteiger partial charge >= 0.3 is 6.98 Å². The maximum Gasteiger partial charge on any atom is 0.538 e. The minimum Gasteiger partial charge on any atom is -0.369 e. The molecule has 34 heavy (non-hydrogen) atoms. The molecule has 0 aliphatic carbocycles. The quantitative estimate of drug-likeness (QED) is 0.336. The number of hydrogen-bond donors (Lipinski definition) is 0. The summed E-state index contributed by atoms with van der Waals surface area (Å²) in [5.41, 5.74) is 9.67. The van der Waals surface area contributed by atoms with Gasteiger partial charge in [-0.25, -0.2) is 4.57 Å². The lowest BCUT2D eigenvalue weighted by molar-refractivity contribution is -0.658. The van der Waals surface area contributed by atoms with E-state index in [1.54, 1.807) is 0 Å². The molecular formula is C30H41BN3+. The van der Waals surface area contributed by atoms with Crippen LogP contribution in [0.1, 0.15) is 82.6 Å². The first-order valence-corrected chi connectivity index (χ1v) is 12.7. The normalized spacial score (nSPS) is 13.9. The van der Waals surface area contributed by atoms with Crippen LogP contribution in [0.2, 0.25) is 0 Å². The number of benzene rings is 2. The Kier molecular flexibility index (Phi) is 6.31. The van der Waals surface area contributed by atoms with Gasteiger partial charge in [-0.1, -0.05) is 78.8 Å². The Balaban J connectivity index is 2.07. The molecule has 178 valence electrons. The third kappa shape index (κ3) is 4.02. The summed E-state index contributed by atoms with van der Waals surface area (Å²) in [7, 11) is 4.44. The Bertz CT molecular complexity index is 1180. The first-order valence-electron chi connectivity index (χ1n) is 12.7. The predicted octanol–water partition coefficient (Wildman–Crippen LogP) is 6.35. The highest BCUT2D eigenvalue weighted by Crippen LogP contribution is 2.44. The zero-order chi connectivity index (χ0) is 24.9. The largest absolute Gasteiger partial charge is 0.538 e. The van der Waals surface area contributed by atoms with E-state index in [1.165, 1.54) is 44.9 Å². The van der Waals surface area contributed by atoms with Gasteiger partial charge in [0.15, 0.2) is 0 Å². The van der Waals surface area contributed by atoms with E-state index >= 15 is 0 Å². The zero-order valence-corrected chi connectivity index (χ0v) is 22.8. The maximum absolute atomic E-state index is 2.59. The monoisotopic (exact) mass is 454 g/mol. The third-order valence-electron chi connectivity index (χ3n) is 7.36. The summed E-state index contributed by atoms with van der Waals surface area (Å²) in [4.78, 5) is 5.08. The van der Waals surface area contributed by atoms with Crippen LogP contribution in [0.25, 0.3) is 0 Å². The molecule has 0 spiro atoms. The van der Waals surface area contributed by atoms with Crippen molar-refractivity contribution in [3.63, 3.8) is 0 Å². The summed E-state index contributed by atoms with van der Waals surface area (Å²) in [5.74, 6) is 2.12. The second-order valence-corrected chi connectivity index (χ2v) is 11.6. The highest BCUT2D eigenvalue weighted by atomic mass is 15.3. The molecule has 0 atom stereocenters. The fourth-order valence-corrected chi connectivity index (χ4v) is 5.40. The van der Waals surface area contributed by atoms with Gasteiger partial charge < -0.3 is 4.81 Å². The second kappa shape index (κ2) is 8.80. The molecule has 0 saturated carbocycles. The average Bonchev–Trinajstić information content (AvgIpc) is 3.05. The number of nitrogens with zero attached hydrogens (tertiary/aromatic N) is 3. The summed E-state index contributed by atoms with van der Waals surface area (Å²) < 4.78 is 2.28. The van der Waals surface area contributed by atoms with Gasteiger partial charge in [-0.05, 0) is 65.6 Å². The fourth-order valence-electron chi connectivity index (χ4n) is 5.40. The van der Waals surface area contributed by atoms with Crippen molar-refractivity contribution in [3.8, 4) is 0 Å². The molecule has 0 saturated heterocycles. The molecule has 1 aromatic heterocycles. The van der Waals surface area contributed by atoms with Crippen molar-refractivity contribution in [2.24, 2.45) is 7.05 Å². The zero-order valence-electron chi connectivity index (χ0n) is 22.8. The molecule has 3 aromatic rings. The number of para-hydroxylation sites is 1. The van der Waals surface area contributed by atoms with E-state index in [9.17, 15) is 0 Å². The van der Waals surface area contributed by atoms with Crippen LogP contribution >= 0.6 is 0 Å². The number of rotatable bonds is 4. The van der Waals surface area contributed by atoms with Gasteiger partial charge in [0.25, 0.3) is 5.82 Å². The van der Waals surface area contributed by atoms with E-state index in [4.69, 9.17) is 0 Å². The minimum atomic E-state index is 0.0810. The Morgan fingerprint density at radius 3 is 2.03 bits per heavy atom. The van der Waals surface area contributed by atoms with Crippen LogP contribution in [0.4, 0.5) is 17.2 Å². The van der Waals surface area contributed by atoms with Crippen molar-refractivity contribution < 1.29 is 4.57 Å². The fraction of sp³-hybridized carbons (Fsp3) is 0.433. The van der Waals surface area contributed by atoms with Crippen LogP contribution < -0.4 is 19.7 Å². The summed E-state index contributed by atoms with van der Waals surface area (Å²) in [6.45, 7) is 18.5. The molecule has 0 N–H and O–H groups in total. The number of pyridine rings is 1. The Morgan fingerprint density at radius 2 is 1.47 bits per heavy atom. The van der Waals surface area contributed by atoms with Crippen LogP contribution in [0.15, 0.2) is 54.7 Å². The van der Waals surface area contributed by atoms with E-state index < -0.39 is 0 Å². The number of hydrogen-bond acceptors (Lipinski definition) is 2. The maximum atomic E-state index is 2.59. The van der Waals surface area contributed by atoms with Crippen molar-refractivity contribution in [2.45, 2.75) is 72.6 Å². The van der Waals surface area contributed by atoms with E-state index in [2.05, 4.69) is 138 Å². The first-order chi connectivity index (χ1) is 15.9. The lowest BCUT2D eigenvalue weighted by Crippen LogP contribution is -2.58. The van der Waals surface area contributed by atoms with Gasteiger partial charge in [-0.15, -0.1) is 0 Å². The van der Waals surface area contributed by atoms with Crippen molar-refractivity contribution in [2.75, 3.05) is 16.7 Å². The molecule has 4 heteroatoms. The SMILES string of the molecule is Cc1cccc2c1N(c1cc(C(C)(C)C)cc[n+]1C)B(c1c(C(C)C)cccc1C(C)C)N2C. The lowest BCUT2D eigenvalue weighted by Gasteiger charge is -2.28. The van der Waals surface area contributed by atoms with Crippen LogP contribution in [-0.4, -0.2) is 14.0 Å². The summed E-state index contributed by atoms with van der Waals surface area (Å²) in [5, 5.41) is 0. The predicted molar refractivity (Wildman–Crippen MR) is 148 cm³/mol. The van der Waals surface area contributed by atoms with E-state index in [1.807, 2.05) is 0 Å². The van der Waals surface area contributed by atoms with E-state index in [-0.39, 0.29) is 12.4 Å². The molecular weight excluding hydrogens is 413 g/mol. The van der Waals surface area contributed by atoms with Crippen LogP contribution in [-0.2, 0) is 12.5 Å². The smallest absolute Gasteiger partial charge is 0.369 e. The lowest BCUT2D eigenvalue weighted by atomic mass is 9.59. The Hall–Kier alpha value is -2.75. The highest BCUT2D eigenvalue weighted by Gasteiger charge is 2.51. The molecule has 4 rings (SSSR count). The van der Waals surface area contributed by atoms with Crippen molar-refractivity contribution in [3.05, 3.63) is 77.0 Å². The second-order valence-electron chi connectivity index (χ2n) is 11.6. The van der Waals surface area contributed by atoms with Crippen molar-refractivity contribution in [1.29, 1.82) is 0 Å². The molecule has 1 aliphatic rings. The van der Waals surface area contributed by atoms with Crippen LogP contribution in [0.3, 0.4) is 0 Å². The molecule has 0 fully saturated rings. The number of anilines is 3. The topological polar surface area (TPSA) is 10.4 Å². The molecule has 3 nitrogen and oxygen atoms in total. The van der Waals surface area contributed by atoms with Crippen LogP contribution in [0.5, 0.6) is 0 Å². The Morgan fingerprint density at radius 1 is 0.882 bits per heavy atom. The average molecular weight is 454 g/mol. The number of aromatic nitrogens is 1. The molecule has 0 bridgehead atoms. The summed E-state index contributed by atoms with van der Waals surface area (Å²) in [6.07, 6.45) is 2.22. The molecule has 2 aromatic carbocycles. The highest BCUT2D eigenvalue weighted by molar-refractivity contribution is 6.83. The van der Waals surface area contributed by atoms with Gasteiger partial charge in [0, 0.05) is 11.5 Å². The van der Waals surface area contributed by atoms with Crippen LogP contribution in [0, 0.1) is 6.92 Å². The summed E-state index contributed by atoms with van der Waals surface area (Å²) in [6, 6.07) is 18.3. The standard InChI is InChI=1S/C30H41BN3/c1-20(2)24-14-12-15-25(21(3)4)28(24)31-33(10)26-16-11-13-22(5)29(26)34(31)27-19-23(30(6,7)8)17-18-32(27)9/h11-21H,1-10H3/q+1. The molecule has 0 amide bonds.